The Morgan fingerprint density at radius 1 is 1.07 bits per heavy atom. The highest BCUT2D eigenvalue weighted by molar-refractivity contribution is 7.89. The summed E-state index contributed by atoms with van der Waals surface area (Å²) in [4.78, 5) is 4.45. The minimum atomic E-state index is -3.58. The van der Waals surface area contributed by atoms with Crippen molar-refractivity contribution in [2.75, 3.05) is 19.5 Å². The topological polar surface area (TPSA) is 89.6 Å². The van der Waals surface area contributed by atoms with Crippen LogP contribution in [-0.2, 0) is 10.0 Å². The van der Waals surface area contributed by atoms with Crippen molar-refractivity contribution in [1.29, 1.82) is 0 Å². The van der Waals surface area contributed by atoms with Gasteiger partial charge in [-0.3, -0.25) is 0 Å². The molecular weight excluding hydrogens is 390 g/mol. The molecule has 0 saturated heterocycles. The predicted molar refractivity (Wildman–Crippen MR) is 115 cm³/mol. The quantitative estimate of drug-likeness (QED) is 0.602. The number of benzene rings is 1. The summed E-state index contributed by atoms with van der Waals surface area (Å²) in [5.74, 6) is 1.93. The summed E-state index contributed by atoms with van der Waals surface area (Å²) in [6.45, 7) is 7.93. The van der Waals surface area contributed by atoms with Gasteiger partial charge in [-0.05, 0) is 62.1 Å². The fourth-order valence-electron chi connectivity index (χ4n) is 3.13. The number of aromatic nitrogens is 1. The van der Waals surface area contributed by atoms with Crippen LogP contribution in [0.1, 0.15) is 50.8 Å². The lowest BCUT2D eigenvalue weighted by Gasteiger charge is -2.20. The average molecular weight is 422 g/mol. The Balaban J connectivity index is 2.17. The minimum Gasteiger partial charge on any atom is -0.493 e. The number of pyridine rings is 1. The van der Waals surface area contributed by atoms with Crippen molar-refractivity contribution in [1.82, 2.24) is 9.71 Å². The van der Waals surface area contributed by atoms with E-state index in [1.165, 1.54) is 6.20 Å². The van der Waals surface area contributed by atoms with Crippen LogP contribution in [-0.4, -0.2) is 33.7 Å². The molecule has 0 aliphatic carbocycles. The Labute approximate surface area is 173 Å². The maximum atomic E-state index is 12.5. The summed E-state index contributed by atoms with van der Waals surface area (Å²) in [5.41, 5.74) is 2.09. The van der Waals surface area contributed by atoms with Crippen LogP contribution in [0.2, 0.25) is 0 Å². The highest BCUT2D eigenvalue weighted by atomic mass is 32.2. The van der Waals surface area contributed by atoms with E-state index in [1.54, 1.807) is 26.4 Å². The molecule has 2 aromatic rings. The van der Waals surface area contributed by atoms with E-state index in [4.69, 9.17) is 9.47 Å². The molecule has 8 heteroatoms. The summed E-state index contributed by atoms with van der Waals surface area (Å²) in [6, 6.07) is 6.96. The molecule has 2 rings (SSSR count). The molecule has 2 N–H and O–H groups in total. The molecular formula is C21H31N3O4S. The van der Waals surface area contributed by atoms with Crippen LogP contribution in [0.4, 0.5) is 5.82 Å². The number of methoxy groups -OCH3 is 2. The van der Waals surface area contributed by atoms with Crippen LogP contribution >= 0.6 is 0 Å². The number of hydrogen-bond acceptors (Lipinski definition) is 6. The first kappa shape index (κ1) is 23.0. The third-order valence-corrected chi connectivity index (χ3v) is 6.46. The lowest BCUT2D eigenvalue weighted by atomic mass is 10.0. The molecule has 1 atom stereocenters. The second kappa shape index (κ2) is 9.93. The Bertz CT molecular complexity index is 910. The second-order valence-corrected chi connectivity index (χ2v) is 8.66. The van der Waals surface area contributed by atoms with Gasteiger partial charge in [0.05, 0.1) is 20.3 Å². The van der Waals surface area contributed by atoms with Gasteiger partial charge in [-0.25, -0.2) is 18.1 Å². The van der Waals surface area contributed by atoms with E-state index in [0.717, 1.165) is 24.0 Å². The number of sulfonamides is 1. The van der Waals surface area contributed by atoms with Crippen molar-refractivity contribution in [3.63, 3.8) is 0 Å². The molecule has 0 radical (unpaired) electrons. The smallest absolute Gasteiger partial charge is 0.242 e. The zero-order chi connectivity index (χ0) is 21.6. The Hall–Kier alpha value is -2.32. The van der Waals surface area contributed by atoms with Gasteiger partial charge >= 0.3 is 0 Å². The largest absolute Gasteiger partial charge is 0.493 e. The maximum Gasteiger partial charge on any atom is 0.242 e. The molecule has 160 valence electrons. The van der Waals surface area contributed by atoms with E-state index < -0.39 is 10.0 Å². The molecule has 0 bridgehead atoms. The fourth-order valence-corrected chi connectivity index (χ4v) is 4.48. The number of nitrogens with zero attached hydrogens (tertiary/aromatic N) is 1. The molecule has 1 aromatic carbocycles. The van der Waals surface area contributed by atoms with Crippen LogP contribution in [0, 0.1) is 6.92 Å². The molecule has 0 fully saturated rings. The molecule has 0 saturated carbocycles. The molecule has 0 aliphatic heterocycles. The summed E-state index contributed by atoms with van der Waals surface area (Å²) < 4.78 is 38.4. The van der Waals surface area contributed by atoms with Crippen LogP contribution in [0.5, 0.6) is 11.5 Å². The van der Waals surface area contributed by atoms with Gasteiger partial charge in [0.15, 0.2) is 11.5 Å². The van der Waals surface area contributed by atoms with Crippen LogP contribution < -0.4 is 19.5 Å². The number of rotatable bonds is 10. The second-order valence-electron chi connectivity index (χ2n) is 6.94. The summed E-state index contributed by atoms with van der Waals surface area (Å²) in [6.07, 6.45) is 2.86. The minimum absolute atomic E-state index is 0.0625. The van der Waals surface area contributed by atoms with Gasteiger partial charge in [0.25, 0.3) is 0 Å². The molecule has 1 heterocycles. The molecule has 7 nitrogen and oxygen atoms in total. The van der Waals surface area contributed by atoms with E-state index in [-0.39, 0.29) is 17.0 Å². The highest BCUT2D eigenvalue weighted by Gasteiger charge is 2.19. The number of aryl methyl sites for hydroxylation is 1. The number of ether oxygens (including phenoxy) is 2. The average Bonchev–Trinajstić information content (AvgIpc) is 2.71. The monoisotopic (exact) mass is 421 g/mol. The van der Waals surface area contributed by atoms with Crippen LogP contribution in [0.3, 0.4) is 0 Å². The van der Waals surface area contributed by atoms with E-state index in [2.05, 4.69) is 15.0 Å². The van der Waals surface area contributed by atoms with Crippen LogP contribution in [0.15, 0.2) is 35.4 Å². The maximum absolute atomic E-state index is 12.5. The zero-order valence-corrected chi connectivity index (χ0v) is 18.8. The van der Waals surface area contributed by atoms with Gasteiger partial charge < -0.3 is 14.8 Å². The highest BCUT2D eigenvalue weighted by Crippen LogP contribution is 2.33. The van der Waals surface area contributed by atoms with E-state index >= 15 is 0 Å². The third-order valence-electron chi connectivity index (χ3n) is 4.96. The van der Waals surface area contributed by atoms with E-state index in [9.17, 15) is 8.42 Å². The number of hydrogen-bond donors (Lipinski definition) is 2. The first-order valence-electron chi connectivity index (χ1n) is 9.73. The Morgan fingerprint density at radius 2 is 1.69 bits per heavy atom. The SMILES string of the molecule is CCC(CC)NS(=O)(=O)c1ccc(NC(C)c2cc(OC)c(OC)cc2C)nc1. The standard InChI is InChI=1S/C21H31N3O4S/c1-7-16(8-2)24-29(25,26)17-9-10-21(22-13-17)23-15(4)18-12-20(28-6)19(27-5)11-14(18)3/h9-13,15-16,24H,7-8H2,1-6H3,(H,22,23). The van der Waals surface area contributed by atoms with Crippen molar-refractivity contribution in [2.24, 2.45) is 0 Å². The molecule has 29 heavy (non-hydrogen) atoms. The van der Waals surface area contributed by atoms with E-state index in [1.807, 2.05) is 39.8 Å². The molecule has 0 amide bonds. The van der Waals surface area contributed by atoms with E-state index in [0.29, 0.717) is 17.3 Å². The predicted octanol–water partition coefficient (Wildman–Crippen LogP) is 4.05. The van der Waals surface area contributed by atoms with Crippen molar-refractivity contribution < 1.29 is 17.9 Å². The summed E-state index contributed by atoms with van der Waals surface area (Å²) in [7, 11) is -0.365. The Morgan fingerprint density at radius 3 is 2.21 bits per heavy atom. The third kappa shape index (κ3) is 5.61. The van der Waals surface area contributed by atoms with Crippen LogP contribution in [0.25, 0.3) is 0 Å². The van der Waals surface area contributed by atoms with Gasteiger partial charge in [-0.1, -0.05) is 13.8 Å². The molecule has 1 aromatic heterocycles. The summed E-state index contributed by atoms with van der Waals surface area (Å²) >= 11 is 0. The first-order valence-corrected chi connectivity index (χ1v) is 11.2. The molecule has 0 spiro atoms. The molecule has 0 aliphatic rings. The lowest BCUT2D eigenvalue weighted by Crippen LogP contribution is -2.33. The van der Waals surface area contributed by atoms with Gasteiger partial charge in [-0.2, -0.15) is 0 Å². The normalized spacial score (nSPS) is 12.7. The van der Waals surface area contributed by atoms with Crippen molar-refractivity contribution >= 4 is 15.8 Å². The summed E-state index contributed by atoms with van der Waals surface area (Å²) in [5, 5.41) is 3.31. The van der Waals surface area contributed by atoms with Gasteiger partial charge in [-0.15, -0.1) is 0 Å². The van der Waals surface area contributed by atoms with Gasteiger partial charge in [0, 0.05) is 12.2 Å². The van der Waals surface area contributed by atoms with Crippen molar-refractivity contribution in [3.05, 3.63) is 41.6 Å². The Kier molecular flexibility index (Phi) is 7.87. The van der Waals surface area contributed by atoms with Crippen molar-refractivity contribution in [3.8, 4) is 11.5 Å². The van der Waals surface area contributed by atoms with Gasteiger partial charge in [0.1, 0.15) is 10.7 Å². The first-order chi connectivity index (χ1) is 13.7. The number of anilines is 1. The zero-order valence-electron chi connectivity index (χ0n) is 17.9. The van der Waals surface area contributed by atoms with Crippen molar-refractivity contribution in [2.45, 2.75) is 57.5 Å². The number of nitrogens with one attached hydrogen (secondary N) is 2. The lowest BCUT2D eigenvalue weighted by molar-refractivity contribution is 0.354. The van der Waals surface area contributed by atoms with Gasteiger partial charge in [0.2, 0.25) is 10.0 Å². The molecule has 1 unspecified atom stereocenters. The fraction of sp³-hybridized carbons (Fsp3) is 0.476.